The van der Waals surface area contributed by atoms with Gasteiger partial charge in [-0.3, -0.25) is 0 Å². The van der Waals surface area contributed by atoms with E-state index in [0.717, 1.165) is 22.6 Å². The molecule has 184 valence electrons. The molecule has 37 heavy (non-hydrogen) atoms. The molecule has 4 aromatic rings. The zero-order valence-corrected chi connectivity index (χ0v) is 20.0. The third-order valence-corrected chi connectivity index (χ3v) is 6.95. The third-order valence-electron chi connectivity index (χ3n) is 6.95. The van der Waals surface area contributed by atoms with E-state index in [1.54, 1.807) is 60.7 Å². The average molecular weight is 493 g/mol. The van der Waals surface area contributed by atoms with Crippen LogP contribution in [0.4, 0.5) is 0 Å². The van der Waals surface area contributed by atoms with Crippen LogP contribution in [0, 0.1) is 0 Å². The van der Waals surface area contributed by atoms with Crippen molar-refractivity contribution in [1.82, 2.24) is 0 Å². The maximum atomic E-state index is 12.7. The molecule has 0 aromatic heterocycles. The van der Waals surface area contributed by atoms with E-state index in [0.29, 0.717) is 48.7 Å². The number of rotatable bonds is 4. The summed E-state index contributed by atoms with van der Waals surface area (Å²) in [7, 11) is 0. The Labute approximate surface area is 214 Å². The Kier molecular flexibility index (Phi) is 5.85. The van der Waals surface area contributed by atoms with Gasteiger partial charge in [0.15, 0.2) is 0 Å². The first-order valence-corrected chi connectivity index (χ1v) is 12.2. The van der Waals surface area contributed by atoms with E-state index in [4.69, 9.17) is 18.9 Å². The van der Waals surface area contributed by atoms with Gasteiger partial charge in [-0.05, 0) is 73.5 Å². The van der Waals surface area contributed by atoms with Gasteiger partial charge in [-0.2, -0.15) is 0 Å². The summed E-state index contributed by atoms with van der Waals surface area (Å²) in [5, 5.41) is 0. The lowest BCUT2D eigenvalue weighted by molar-refractivity contribution is 0.0725. The molecule has 2 aliphatic rings. The minimum atomic E-state index is -0.439. The summed E-state index contributed by atoms with van der Waals surface area (Å²) in [5.74, 6) is 1.52. The van der Waals surface area contributed by atoms with E-state index >= 15 is 0 Å². The fourth-order valence-corrected chi connectivity index (χ4v) is 5.10. The molecule has 0 atom stereocenters. The molecule has 6 nitrogen and oxygen atoms in total. The van der Waals surface area contributed by atoms with E-state index in [2.05, 4.69) is 0 Å². The quantitative estimate of drug-likeness (QED) is 0.258. The first-order valence-electron chi connectivity index (χ1n) is 12.2. The third kappa shape index (κ3) is 4.31. The van der Waals surface area contributed by atoms with Gasteiger partial charge in [0.1, 0.15) is 23.0 Å². The maximum Gasteiger partial charge on any atom is 0.343 e. The fraction of sp³-hybridized carbons (Fsp3) is 0.161. The van der Waals surface area contributed by atoms with Crippen LogP contribution in [0.15, 0.2) is 97.1 Å². The normalized spacial score (nSPS) is 14.9. The maximum absolute atomic E-state index is 12.7. The van der Waals surface area contributed by atoms with E-state index in [1.165, 1.54) is 0 Å². The first-order chi connectivity index (χ1) is 18.1. The van der Waals surface area contributed by atoms with Crippen LogP contribution in [0.5, 0.6) is 23.0 Å². The largest absolute Gasteiger partial charge is 0.493 e. The zero-order chi connectivity index (χ0) is 25.2. The van der Waals surface area contributed by atoms with Crippen molar-refractivity contribution in [2.75, 3.05) is 13.2 Å². The summed E-state index contributed by atoms with van der Waals surface area (Å²) in [6.07, 6.45) is 1.42. The monoisotopic (exact) mass is 492 g/mol. The molecule has 0 fully saturated rings. The van der Waals surface area contributed by atoms with Gasteiger partial charge >= 0.3 is 11.9 Å². The van der Waals surface area contributed by atoms with Crippen LogP contribution in [-0.4, -0.2) is 25.2 Å². The second kappa shape index (κ2) is 9.47. The number of carbonyl (C=O) groups is 2. The molecule has 0 bridgehead atoms. The van der Waals surface area contributed by atoms with Crippen LogP contribution >= 0.6 is 0 Å². The summed E-state index contributed by atoms with van der Waals surface area (Å²) >= 11 is 0. The van der Waals surface area contributed by atoms with Crippen molar-refractivity contribution < 1.29 is 28.5 Å². The highest BCUT2D eigenvalue weighted by Crippen LogP contribution is 2.52. The second-order valence-electron chi connectivity index (χ2n) is 9.11. The molecule has 6 heteroatoms. The Hall–Kier alpha value is -4.58. The molecule has 0 saturated carbocycles. The van der Waals surface area contributed by atoms with Crippen LogP contribution in [0.25, 0.3) is 0 Å². The minimum Gasteiger partial charge on any atom is -0.493 e. The van der Waals surface area contributed by atoms with Gasteiger partial charge in [-0.1, -0.05) is 36.4 Å². The topological polar surface area (TPSA) is 71.1 Å². The lowest BCUT2D eigenvalue weighted by Gasteiger charge is -2.43. The number of benzene rings is 4. The van der Waals surface area contributed by atoms with Gasteiger partial charge in [-0.25, -0.2) is 9.59 Å². The zero-order valence-electron chi connectivity index (χ0n) is 20.0. The Morgan fingerprint density at radius 3 is 1.46 bits per heavy atom. The number of hydrogen-bond acceptors (Lipinski definition) is 6. The summed E-state index contributed by atoms with van der Waals surface area (Å²) < 4.78 is 23.4. The van der Waals surface area contributed by atoms with Gasteiger partial charge in [0.05, 0.1) is 24.3 Å². The van der Waals surface area contributed by atoms with Gasteiger partial charge in [-0.15, -0.1) is 0 Å². The number of carbonyl (C=O) groups excluding carboxylic acids is 2. The number of fused-ring (bicyclic) bond motifs is 4. The van der Waals surface area contributed by atoms with Gasteiger partial charge < -0.3 is 18.9 Å². The van der Waals surface area contributed by atoms with Crippen LogP contribution in [0.2, 0.25) is 0 Å². The Balaban J connectivity index is 1.36. The van der Waals surface area contributed by atoms with E-state index in [-0.39, 0.29) is 0 Å². The Bertz CT molecular complexity index is 1350. The number of hydrogen-bond donors (Lipinski definition) is 0. The van der Waals surface area contributed by atoms with Crippen LogP contribution in [0.3, 0.4) is 0 Å². The molecule has 0 saturated heterocycles. The Morgan fingerprint density at radius 2 is 1.03 bits per heavy atom. The molecule has 6 rings (SSSR count). The van der Waals surface area contributed by atoms with Crippen molar-refractivity contribution in [1.29, 1.82) is 0 Å². The summed E-state index contributed by atoms with van der Waals surface area (Å²) in [6.45, 7) is 1.06. The van der Waals surface area contributed by atoms with Crippen LogP contribution < -0.4 is 18.9 Å². The molecule has 0 aliphatic carbocycles. The predicted octanol–water partition coefficient (Wildman–Crippen LogP) is 5.98. The smallest absolute Gasteiger partial charge is 0.343 e. The molecule has 0 N–H and O–H groups in total. The number of ether oxygens (including phenoxy) is 4. The highest BCUT2D eigenvalue weighted by Gasteiger charge is 2.44. The molecule has 2 heterocycles. The van der Waals surface area contributed by atoms with Crippen molar-refractivity contribution in [3.05, 3.63) is 119 Å². The molecular formula is C31H24O6. The summed E-state index contributed by atoms with van der Waals surface area (Å²) in [4.78, 5) is 25.4. The van der Waals surface area contributed by atoms with Crippen molar-refractivity contribution in [3.63, 3.8) is 0 Å². The Morgan fingerprint density at radius 1 is 0.595 bits per heavy atom. The molecule has 4 aromatic carbocycles. The number of esters is 2. The lowest BCUT2D eigenvalue weighted by Crippen LogP contribution is -2.38. The summed E-state index contributed by atoms with van der Waals surface area (Å²) in [6, 6.07) is 28.7. The molecular weight excluding hydrogens is 468 g/mol. The van der Waals surface area contributed by atoms with Crippen molar-refractivity contribution in [3.8, 4) is 23.0 Å². The summed E-state index contributed by atoms with van der Waals surface area (Å²) in [5.41, 5.74) is 2.37. The SMILES string of the molecule is O=C(Oc1ccc2c(c1)C1(CCO2)CCOc2ccc(OC(=O)c3ccccc3)cc21)c1ccccc1. The highest BCUT2D eigenvalue weighted by atomic mass is 16.5. The van der Waals surface area contributed by atoms with Gasteiger partial charge in [0, 0.05) is 16.5 Å². The van der Waals surface area contributed by atoms with Crippen LogP contribution in [-0.2, 0) is 5.41 Å². The second-order valence-corrected chi connectivity index (χ2v) is 9.11. The predicted molar refractivity (Wildman–Crippen MR) is 137 cm³/mol. The van der Waals surface area contributed by atoms with Crippen LogP contribution in [0.1, 0.15) is 44.7 Å². The van der Waals surface area contributed by atoms with Gasteiger partial charge in [0.25, 0.3) is 0 Å². The molecule has 1 spiro atoms. The molecule has 0 unspecified atom stereocenters. The first kappa shape index (κ1) is 22.9. The van der Waals surface area contributed by atoms with Crippen molar-refractivity contribution >= 4 is 11.9 Å². The highest BCUT2D eigenvalue weighted by molar-refractivity contribution is 5.91. The molecule has 0 amide bonds. The van der Waals surface area contributed by atoms with Crippen molar-refractivity contribution in [2.24, 2.45) is 0 Å². The standard InChI is InChI=1S/C31H24O6/c32-29(21-7-3-1-4-8-21)36-23-11-13-27-25(19-23)31(15-17-34-27)16-18-35-28-14-12-24(20-26(28)31)37-30(33)22-9-5-2-6-10-22/h1-14,19-20H,15-18H2. The van der Waals surface area contributed by atoms with Gasteiger partial charge in [0.2, 0.25) is 0 Å². The molecule has 0 radical (unpaired) electrons. The molecule has 2 aliphatic heterocycles. The van der Waals surface area contributed by atoms with E-state index in [9.17, 15) is 9.59 Å². The fourth-order valence-electron chi connectivity index (χ4n) is 5.10. The van der Waals surface area contributed by atoms with Crippen molar-refractivity contribution in [2.45, 2.75) is 18.3 Å². The minimum absolute atomic E-state index is 0.422. The van der Waals surface area contributed by atoms with E-state index in [1.807, 2.05) is 36.4 Å². The van der Waals surface area contributed by atoms with E-state index < -0.39 is 17.4 Å². The average Bonchev–Trinajstić information content (AvgIpc) is 2.95. The lowest BCUT2D eigenvalue weighted by atomic mass is 9.67.